The number of methoxy groups -OCH3 is 2. The molecular formula is C22H34N2O5. The lowest BCUT2D eigenvalue weighted by Gasteiger charge is -2.39. The molecule has 0 radical (unpaired) electrons. The van der Waals surface area contributed by atoms with E-state index in [4.69, 9.17) is 9.47 Å². The third-order valence-corrected chi connectivity index (χ3v) is 5.75. The summed E-state index contributed by atoms with van der Waals surface area (Å²) in [7, 11) is 3.10. The van der Waals surface area contributed by atoms with E-state index in [-0.39, 0.29) is 41.1 Å². The maximum Gasteiger partial charge on any atom is 0.306 e. The van der Waals surface area contributed by atoms with E-state index in [9.17, 15) is 14.9 Å². The lowest BCUT2D eigenvalue weighted by molar-refractivity contribution is -0.384. The zero-order chi connectivity index (χ0) is 21.6. The van der Waals surface area contributed by atoms with Gasteiger partial charge in [0.1, 0.15) is 5.69 Å². The second-order valence-electron chi connectivity index (χ2n) is 8.40. The fraction of sp³-hybridized carbons (Fsp3) is 0.682. The number of hydrogen-bond donors (Lipinski definition) is 0. The fourth-order valence-electron chi connectivity index (χ4n) is 4.12. The molecular weight excluding hydrogens is 372 g/mol. The van der Waals surface area contributed by atoms with Gasteiger partial charge in [-0.3, -0.25) is 14.9 Å². The summed E-state index contributed by atoms with van der Waals surface area (Å²) in [5.74, 6) is -0.0841. The molecule has 7 nitrogen and oxygen atoms in total. The molecule has 1 aromatic rings. The molecule has 7 heteroatoms. The molecule has 1 fully saturated rings. The molecule has 0 unspecified atom stereocenters. The van der Waals surface area contributed by atoms with E-state index < -0.39 is 0 Å². The van der Waals surface area contributed by atoms with Gasteiger partial charge in [0.15, 0.2) is 0 Å². The van der Waals surface area contributed by atoms with Gasteiger partial charge < -0.3 is 14.4 Å². The van der Waals surface area contributed by atoms with E-state index >= 15 is 0 Å². The largest absolute Gasteiger partial charge is 0.469 e. The Hall–Kier alpha value is -2.15. The Morgan fingerprint density at radius 1 is 1.21 bits per heavy atom. The van der Waals surface area contributed by atoms with Gasteiger partial charge in [-0.05, 0) is 49.1 Å². The Balaban J connectivity index is 2.34. The van der Waals surface area contributed by atoms with E-state index in [1.807, 2.05) is 19.1 Å². The number of esters is 1. The van der Waals surface area contributed by atoms with Crippen molar-refractivity contribution in [2.24, 2.45) is 5.92 Å². The fourth-order valence-corrected chi connectivity index (χ4v) is 4.12. The molecule has 0 aliphatic heterocycles. The second-order valence-corrected chi connectivity index (χ2v) is 8.40. The highest BCUT2D eigenvalue weighted by Gasteiger charge is 2.30. The van der Waals surface area contributed by atoms with Gasteiger partial charge in [-0.15, -0.1) is 0 Å². The molecule has 1 aliphatic rings. The average molecular weight is 407 g/mol. The van der Waals surface area contributed by atoms with Crippen molar-refractivity contribution in [3.05, 3.63) is 33.9 Å². The number of benzene rings is 1. The van der Waals surface area contributed by atoms with Crippen LogP contribution in [0.2, 0.25) is 0 Å². The van der Waals surface area contributed by atoms with Crippen LogP contribution in [0, 0.1) is 16.0 Å². The highest BCUT2D eigenvalue weighted by Crippen LogP contribution is 2.37. The summed E-state index contributed by atoms with van der Waals surface area (Å²) in [6.07, 6.45) is 4.34. The summed E-state index contributed by atoms with van der Waals surface area (Å²) < 4.78 is 10.2. The lowest BCUT2D eigenvalue weighted by atomic mass is 9.90. The van der Waals surface area contributed by atoms with Crippen molar-refractivity contribution in [2.45, 2.75) is 70.9 Å². The zero-order valence-electron chi connectivity index (χ0n) is 18.2. The van der Waals surface area contributed by atoms with E-state index in [0.29, 0.717) is 11.6 Å². The maximum atomic E-state index is 11.9. The molecule has 1 atom stereocenters. The molecule has 1 aliphatic carbocycles. The number of hydrogen-bond acceptors (Lipinski definition) is 6. The van der Waals surface area contributed by atoms with Gasteiger partial charge in [-0.1, -0.05) is 26.8 Å². The van der Waals surface area contributed by atoms with Crippen LogP contribution in [0.4, 0.5) is 11.4 Å². The predicted molar refractivity (Wildman–Crippen MR) is 113 cm³/mol. The number of ether oxygens (including phenoxy) is 2. The molecule has 0 spiro atoms. The summed E-state index contributed by atoms with van der Waals surface area (Å²) in [4.78, 5) is 25.4. The summed E-state index contributed by atoms with van der Waals surface area (Å²) in [6, 6.07) is 5.65. The quantitative estimate of drug-likeness (QED) is 0.336. The first-order valence-corrected chi connectivity index (χ1v) is 10.4. The summed E-state index contributed by atoms with van der Waals surface area (Å²) >= 11 is 0. The van der Waals surface area contributed by atoms with Crippen molar-refractivity contribution in [1.82, 2.24) is 0 Å². The van der Waals surface area contributed by atoms with Gasteiger partial charge in [0.2, 0.25) is 0 Å². The van der Waals surface area contributed by atoms with Crippen molar-refractivity contribution >= 4 is 17.3 Å². The molecule has 29 heavy (non-hydrogen) atoms. The number of nitro groups is 1. The molecule has 0 N–H and O–H groups in total. The van der Waals surface area contributed by atoms with Crippen molar-refractivity contribution in [3.8, 4) is 0 Å². The highest BCUT2D eigenvalue weighted by molar-refractivity contribution is 5.71. The topological polar surface area (TPSA) is 81.9 Å². The Bertz CT molecular complexity index is 698. The minimum absolute atomic E-state index is 0.105. The molecule has 162 valence electrons. The van der Waals surface area contributed by atoms with Gasteiger partial charge in [-0.25, -0.2) is 0 Å². The predicted octanol–water partition coefficient (Wildman–Crippen LogP) is 4.68. The lowest BCUT2D eigenvalue weighted by Crippen LogP contribution is -2.41. The Morgan fingerprint density at radius 3 is 2.38 bits per heavy atom. The van der Waals surface area contributed by atoms with Crippen LogP contribution in [0.5, 0.6) is 0 Å². The van der Waals surface area contributed by atoms with Gasteiger partial charge in [0.25, 0.3) is 5.69 Å². The summed E-state index contributed by atoms with van der Waals surface area (Å²) in [6.45, 7) is 6.91. The zero-order valence-corrected chi connectivity index (χ0v) is 18.2. The van der Waals surface area contributed by atoms with Crippen LogP contribution >= 0.6 is 0 Å². The minimum atomic E-state index is -0.319. The normalized spacial score (nSPS) is 20.3. The van der Waals surface area contributed by atoms with Crippen LogP contribution in [0.3, 0.4) is 0 Å². The number of anilines is 1. The molecule has 1 saturated carbocycles. The van der Waals surface area contributed by atoms with E-state index in [1.165, 1.54) is 7.11 Å². The van der Waals surface area contributed by atoms with Crippen molar-refractivity contribution < 1.29 is 19.2 Å². The van der Waals surface area contributed by atoms with Crippen molar-refractivity contribution in [3.63, 3.8) is 0 Å². The molecule has 2 rings (SSSR count). The van der Waals surface area contributed by atoms with E-state index in [2.05, 4.69) is 18.7 Å². The Morgan fingerprint density at radius 2 is 1.86 bits per heavy atom. The molecule has 0 saturated heterocycles. The van der Waals surface area contributed by atoms with Gasteiger partial charge in [0.05, 0.1) is 24.6 Å². The molecule has 0 heterocycles. The first kappa shape index (κ1) is 23.1. The second kappa shape index (κ2) is 10.6. The van der Waals surface area contributed by atoms with Gasteiger partial charge in [0, 0.05) is 25.8 Å². The van der Waals surface area contributed by atoms with Gasteiger partial charge >= 0.3 is 5.97 Å². The van der Waals surface area contributed by atoms with Crippen LogP contribution in [0.15, 0.2) is 18.2 Å². The molecule has 0 bridgehead atoms. The third-order valence-electron chi connectivity index (χ3n) is 5.75. The first-order chi connectivity index (χ1) is 13.8. The Labute approximate surface area is 173 Å². The molecule has 1 aromatic carbocycles. The number of rotatable bonds is 9. The van der Waals surface area contributed by atoms with Crippen molar-refractivity contribution in [1.29, 1.82) is 0 Å². The van der Waals surface area contributed by atoms with E-state index in [0.717, 1.165) is 37.8 Å². The summed E-state index contributed by atoms with van der Waals surface area (Å²) in [5.41, 5.74) is 1.55. The smallest absolute Gasteiger partial charge is 0.306 e. The number of carbonyl (C=O) groups is 1. The van der Waals surface area contributed by atoms with Crippen molar-refractivity contribution in [2.75, 3.05) is 25.7 Å². The summed E-state index contributed by atoms with van der Waals surface area (Å²) in [5, 5.41) is 11.9. The van der Waals surface area contributed by atoms with Gasteiger partial charge in [-0.2, -0.15) is 0 Å². The standard InChI is InChI=1S/C22H34N2O5/c1-15(2)14-23(18-7-9-19(28-4)10-8-18)20-11-6-17(13-21(20)24(26)27)16(3)12-22(25)29-5/h6,11,13,15-16,18-19H,7-10,12,14H2,1-5H3/t16-,18-,19+/m1/s1. The monoisotopic (exact) mass is 406 g/mol. The van der Waals surface area contributed by atoms with Crippen LogP contribution in [-0.2, 0) is 14.3 Å². The minimum Gasteiger partial charge on any atom is -0.469 e. The van der Waals surface area contributed by atoms with Crippen LogP contribution in [0.1, 0.15) is 64.4 Å². The van der Waals surface area contributed by atoms with E-state index in [1.54, 1.807) is 13.2 Å². The third kappa shape index (κ3) is 6.16. The number of nitrogens with zero attached hydrogens (tertiary/aromatic N) is 2. The van der Waals surface area contributed by atoms with Crippen LogP contribution in [0.25, 0.3) is 0 Å². The number of nitro benzene ring substituents is 1. The number of carbonyl (C=O) groups excluding carboxylic acids is 1. The highest BCUT2D eigenvalue weighted by atomic mass is 16.6. The first-order valence-electron chi connectivity index (χ1n) is 10.4. The van der Waals surface area contributed by atoms with Crippen LogP contribution in [-0.4, -0.2) is 43.8 Å². The average Bonchev–Trinajstić information content (AvgIpc) is 2.71. The SMILES string of the molecule is COC(=O)C[C@@H](C)c1ccc(N(CC(C)C)[C@H]2CC[C@@H](OC)CC2)c([N+](=O)[O-])c1. The Kier molecular flexibility index (Phi) is 8.44. The van der Waals surface area contributed by atoms with Crippen LogP contribution < -0.4 is 4.90 Å². The molecule has 0 amide bonds. The molecule has 0 aromatic heterocycles. The maximum absolute atomic E-state index is 11.9.